The van der Waals surface area contributed by atoms with Gasteiger partial charge in [-0.3, -0.25) is 9.59 Å². The Balaban J connectivity index is 2.04. The molecule has 0 radical (unpaired) electrons. The molecule has 3 rings (SSSR count). The lowest BCUT2D eigenvalue weighted by molar-refractivity contribution is -0.120. The normalized spacial score (nSPS) is 11.0. The molecule has 26 heavy (non-hydrogen) atoms. The van der Waals surface area contributed by atoms with Crippen LogP contribution in [0.5, 0.6) is 5.75 Å². The van der Waals surface area contributed by atoms with Gasteiger partial charge >= 0.3 is 0 Å². The highest BCUT2D eigenvalue weighted by Crippen LogP contribution is 2.28. The van der Waals surface area contributed by atoms with Crippen molar-refractivity contribution < 1.29 is 13.9 Å². The lowest BCUT2D eigenvalue weighted by Crippen LogP contribution is -2.06. The number of hydrogen-bond donors (Lipinski definition) is 0. The summed E-state index contributed by atoms with van der Waals surface area (Å²) in [6.07, 6.45) is 6.55. The number of carbonyl (C=O) groups excluding carboxylic acids is 1. The van der Waals surface area contributed by atoms with Gasteiger partial charge in [0.15, 0.2) is 0 Å². The van der Waals surface area contributed by atoms with E-state index >= 15 is 0 Å². The van der Waals surface area contributed by atoms with E-state index in [1.165, 1.54) is 17.6 Å². The quantitative estimate of drug-likeness (QED) is 0.417. The standard InChI is InChI=1S/C20H21NO4S/c1-3-4-5-6-7-14-8-15-19(9-18(14)25-12-22)24-10-16(20(15)23)17-11-26-13(2)21-17/h8-12H,3-7H2,1-2H3. The van der Waals surface area contributed by atoms with Crippen LogP contribution in [-0.4, -0.2) is 11.5 Å². The largest absolute Gasteiger partial charge is 0.463 e. The average molecular weight is 371 g/mol. The van der Waals surface area contributed by atoms with Gasteiger partial charge in [-0.2, -0.15) is 0 Å². The van der Waals surface area contributed by atoms with Crippen LogP contribution in [0.1, 0.15) is 43.2 Å². The highest BCUT2D eigenvalue weighted by Gasteiger charge is 2.15. The van der Waals surface area contributed by atoms with E-state index in [0.717, 1.165) is 42.7 Å². The maximum absolute atomic E-state index is 12.9. The Kier molecular flexibility index (Phi) is 5.83. The second kappa shape index (κ2) is 8.27. The molecule has 0 N–H and O–H groups in total. The van der Waals surface area contributed by atoms with Gasteiger partial charge in [0.25, 0.3) is 6.47 Å². The van der Waals surface area contributed by atoms with E-state index in [2.05, 4.69) is 11.9 Å². The van der Waals surface area contributed by atoms with Crippen molar-refractivity contribution >= 4 is 28.8 Å². The first kappa shape index (κ1) is 18.3. The Hall–Kier alpha value is -2.47. The van der Waals surface area contributed by atoms with Crippen LogP contribution in [0.3, 0.4) is 0 Å². The van der Waals surface area contributed by atoms with Gasteiger partial charge in [-0.1, -0.05) is 26.2 Å². The Morgan fingerprint density at radius 2 is 2.12 bits per heavy atom. The number of aromatic nitrogens is 1. The van der Waals surface area contributed by atoms with E-state index in [9.17, 15) is 9.59 Å². The van der Waals surface area contributed by atoms with Crippen molar-refractivity contribution in [3.63, 3.8) is 0 Å². The Morgan fingerprint density at radius 1 is 1.27 bits per heavy atom. The zero-order chi connectivity index (χ0) is 18.5. The first-order valence-electron chi connectivity index (χ1n) is 8.75. The molecule has 1 aromatic carbocycles. The Bertz CT molecular complexity index is 974. The molecule has 0 aliphatic rings. The third-order valence-electron chi connectivity index (χ3n) is 4.33. The smallest absolute Gasteiger partial charge is 0.298 e. The molecule has 0 amide bonds. The lowest BCUT2D eigenvalue weighted by atomic mass is 10.0. The molecule has 0 bridgehead atoms. The average Bonchev–Trinajstić information content (AvgIpc) is 3.06. The summed E-state index contributed by atoms with van der Waals surface area (Å²) in [5.41, 5.74) is 2.20. The van der Waals surface area contributed by atoms with Crippen LogP contribution in [-0.2, 0) is 11.2 Å². The predicted molar refractivity (Wildman–Crippen MR) is 103 cm³/mol. The number of unbranched alkanes of at least 4 members (excludes halogenated alkanes) is 3. The zero-order valence-electron chi connectivity index (χ0n) is 14.9. The molecule has 6 heteroatoms. The van der Waals surface area contributed by atoms with Gasteiger partial charge < -0.3 is 9.15 Å². The maximum Gasteiger partial charge on any atom is 0.298 e. The number of rotatable bonds is 8. The molecule has 0 atom stereocenters. The summed E-state index contributed by atoms with van der Waals surface area (Å²) < 4.78 is 10.7. The van der Waals surface area contributed by atoms with E-state index in [0.29, 0.717) is 34.4 Å². The van der Waals surface area contributed by atoms with Crippen molar-refractivity contribution in [1.82, 2.24) is 4.98 Å². The van der Waals surface area contributed by atoms with Crippen LogP contribution >= 0.6 is 11.3 Å². The lowest BCUT2D eigenvalue weighted by Gasteiger charge is -2.09. The fraction of sp³-hybridized carbons (Fsp3) is 0.350. The molecule has 0 unspecified atom stereocenters. The van der Waals surface area contributed by atoms with Gasteiger partial charge in [0.1, 0.15) is 17.6 Å². The van der Waals surface area contributed by atoms with Crippen LogP contribution in [0.2, 0.25) is 0 Å². The van der Waals surface area contributed by atoms with Crippen molar-refractivity contribution in [1.29, 1.82) is 0 Å². The predicted octanol–water partition coefficient (Wildman–Crippen LogP) is 4.88. The molecule has 2 heterocycles. The second-order valence-electron chi connectivity index (χ2n) is 6.21. The number of aryl methyl sites for hydroxylation is 2. The van der Waals surface area contributed by atoms with Crippen molar-refractivity contribution in [2.75, 3.05) is 0 Å². The number of benzene rings is 1. The maximum atomic E-state index is 12.9. The Labute approximate surface area is 155 Å². The van der Waals surface area contributed by atoms with Crippen LogP contribution in [0, 0.1) is 6.92 Å². The third-order valence-corrected chi connectivity index (χ3v) is 5.10. The van der Waals surface area contributed by atoms with Crippen molar-refractivity contribution in [3.05, 3.63) is 44.6 Å². The summed E-state index contributed by atoms with van der Waals surface area (Å²) in [4.78, 5) is 28.1. The summed E-state index contributed by atoms with van der Waals surface area (Å²) in [7, 11) is 0. The number of fused-ring (bicyclic) bond motifs is 1. The first-order valence-corrected chi connectivity index (χ1v) is 9.63. The summed E-state index contributed by atoms with van der Waals surface area (Å²) in [5, 5.41) is 3.23. The molecule has 3 aromatic rings. The van der Waals surface area contributed by atoms with Gasteiger partial charge in [-0.15, -0.1) is 11.3 Å². The van der Waals surface area contributed by atoms with Crippen molar-refractivity contribution in [2.45, 2.75) is 46.0 Å². The fourth-order valence-corrected chi connectivity index (χ4v) is 3.58. The van der Waals surface area contributed by atoms with Crippen LogP contribution in [0.15, 0.2) is 33.0 Å². The number of ether oxygens (including phenoxy) is 1. The molecule has 0 saturated carbocycles. The molecule has 5 nitrogen and oxygen atoms in total. The molecule has 0 spiro atoms. The van der Waals surface area contributed by atoms with Crippen LogP contribution in [0.4, 0.5) is 0 Å². The van der Waals surface area contributed by atoms with E-state index < -0.39 is 0 Å². The molecule has 136 valence electrons. The van der Waals surface area contributed by atoms with Crippen molar-refractivity contribution in [2.24, 2.45) is 0 Å². The summed E-state index contributed by atoms with van der Waals surface area (Å²) in [5.74, 6) is 0.449. The SMILES string of the molecule is CCCCCCc1cc2c(=O)c(-c3csc(C)n3)coc2cc1OC=O. The highest BCUT2D eigenvalue weighted by molar-refractivity contribution is 7.09. The second-order valence-corrected chi connectivity index (χ2v) is 7.27. The third kappa shape index (κ3) is 3.85. The van der Waals surface area contributed by atoms with Gasteiger partial charge in [0, 0.05) is 11.4 Å². The minimum atomic E-state index is -0.121. The zero-order valence-corrected chi connectivity index (χ0v) is 15.7. The van der Waals surface area contributed by atoms with E-state index in [4.69, 9.17) is 9.15 Å². The molecule has 0 aliphatic heterocycles. The molecule has 0 saturated heterocycles. The minimum absolute atomic E-state index is 0.121. The van der Waals surface area contributed by atoms with E-state index in [1.807, 2.05) is 12.3 Å². The number of carbonyl (C=O) groups is 1. The van der Waals surface area contributed by atoms with E-state index in [-0.39, 0.29) is 5.43 Å². The monoisotopic (exact) mass is 371 g/mol. The van der Waals surface area contributed by atoms with Gasteiger partial charge in [-0.25, -0.2) is 4.98 Å². The van der Waals surface area contributed by atoms with Gasteiger partial charge in [-0.05, 0) is 31.4 Å². The molecule has 0 aliphatic carbocycles. The topological polar surface area (TPSA) is 69.4 Å². The number of thiazole rings is 1. The fourth-order valence-electron chi connectivity index (χ4n) is 2.96. The van der Waals surface area contributed by atoms with Gasteiger partial charge in [0.05, 0.1) is 21.7 Å². The highest BCUT2D eigenvalue weighted by atomic mass is 32.1. The molecule has 2 aromatic heterocycles. The molecule has 0 fully saturated rings. The van der Waals surface area contributed by atoms with Gasteiger partial charge in [0.2, 0.25) is 5.43 Å². The summed E-state index contributed by atoms with van der Waals surface area (Å²) in [6.45, 7) is 4.46. The van der Waals surface area contributed by atoms with Crippen molar-refractivity contribution in [3.8, 4) is 17.0 Å². The number of hydrogen-bond acceptors (Lipinski definition) is 6. The summed E-state index contributed by atoms with van der Waals surface area (Å²) >= 11 is 1.49. The number of nitrogens with zero attached hydrogens (tertiary/aromatic N) is 1. The first-order chi connectivity index (χ1) is 12.6. The Morgan fingerprint density at radius 3 is 2.81 bits per heavy atom. The molecular weight excluding hydrogens is 350 g/mol. The van der Waals surface area contributed by atoms with Crippen LogP contribution in [0.25, 0.3) is 22.2 Å². The molecular formula is C20H21NO4S. The van der Waals surface area contributed by atoms with E-state index in [1.54, 1.807) is 12.1 Å². The summed E-state index contributed by atoms with van der Waals surface area (Å²) in [6, 6.07) is 3.41. The van der Waals surface area contributed by atoms with Crippen LogP contribution < -0.4 is 10.2 Å². The minimum Gasteiger partial charge on any atom is -0.463 e.